The zero-order valence-electron chi connectivity index (χ0n) is 11.2. The first-order valence-electron chi connectivity index (χ1n) is 6.39. The molecule has 0 radical (unpaired) electrons. The van der Waals surface area contributed by atoms with Gasteiger partial charge >= 0.3 is 5.97 Å². The molecular weight excluding hydrogens is 307 g/mol. The van der Waals surface area contributed by atoms with E-state index in [1.54, 1.807) is 30.5 Å². The molecule has 3 aromatic rings. The summed E-state index contributed by atoms with van der Waals surface area (Å²) in [4.78, 5) is 11.4. The number of benzene rings is 2. The molecule has 0 amide bonds. The van der Waals surface area contributed by atoms with E-state index in [1.165, 1.54) is 28.9 Å². The maximum Gasteiger partial charge on any atom is 0.357 e. The minimum Gasteiger partial charge on any atom is -0.476 e. The Labute approximate surface area is 130 Å². The predicted molar refractivity (Wildman–Crippen MR) is 80.9 cm³/mol. The molecule has 0 aliphatic rings. The van der Waals surface area contributed by atoms with E-state index in [4.69, 9.17) is 11.6 Å². The van der Waals surface area contributed by atoms with Crippen molar-refractivity contribution in [1.29, 1.82) is 0 Å². The van der Waals surface area contributed by atoms with E-state index < -0.39 is 5.97 Å². The Morgan fingerprint density at radius 3 is 2.32 bits per heavy atom. The summed E-state index contributed by atoms with van der Waals surface area (Å²) in [5.41, 5.74) is 1.65. The molecule has 0 atom stereocenters. The fourth-order valence-electron chi connectivity index (χ4n) is 2.10. The summed E-state index contributed by atoms with van der Waals surface area (Å²) in [6.07, 6.45) is 1.60. The number of carboxylic acids is 1. The van der Waals surface area contributed by atoms with Crippen LogP contribution in [0, 0.1) is 5.82 Å². The number of hydrogen-bond donors (Lipinski definition) is 1. The van der Waals surface area contributed by atoms with Crippen molar-refractivity contribution in [2.45, 2.75) is 0 Å². The third-order valence-corrected chi connectivity index (χ3v) is 3.42. The van der Waals surface area contributed by atoms with Crippen molar-refractivity contribution in [1.82, 2.24) is 9.78 Å². The van der Waals surface area contributed by atoms with Gasteiger partial charge in [0.15, 0.2) is 5.69 Å². The molecule has 3 rings (SSSR count). The third kappa shape index (κ3) is 2.71. The summed E-state index contributed by atoms with van der Waals surface area (Å²) < 4.78 is 14.4. The number of carbonyl (C=O) groups is 1. The van der Waals surface area contributed by atoms with Crippen LogP contribution in [-0.4, -0.2) is 20.9 Å². The van der Waals surface area contributed by atoms with Gasteiger partial charge in [0.2, 0.25) is 0 Å². The Bertz CT molecular complexity index is 826. The Balaban J connectivity index is 2.11. The van der Waals surface area contributed by atoms with Gasteiger partial charge in [0.05, 0.1) is 5.69 Å². The third-order valence-electron chi connectivity index (χ3n) is 3.16. The van der Waals surface area contributed by atoms with Crippen LogP contribution in [0.3, 0.4) is 0 Å². The molecule has 0 spiro atoms. The Morgan fingerprint density at radius 2 is 1.73 bits per heavy atom. The van der Waals surface area contributed by atoms with Crippen LogP contribution in [0.4, 0.5) is 4.39 Å². The van der Waals surface area contributed by atoms with Crippen molar-refractivity contribution in [3.05, 3.63) is 71.3 Å². The Kier molecular flexibility index (Phi) is 3.65. The van der Waals surface area contributed by atoms with Crippen molar-refractivity contribution in [3.63, 3.8) is 0 Å². The quantitative estimate of drug-likeness (QED) is 0.793. The molecule has 0 saturated carbocycles. The molecule has 0 aliphatic carbocycles. The van der Waals surface area contributed by atoms with Gasteiger partial charge in [0, 0.05) is 16.8 Å². The van der Waals surface area contributed by atoms with Crippen molar-refractivity contribution >= 4 is 17.6 Å². The van der Waals surface area contributed by atoms with Crippen LogP contribution in [0.1, 0.15) is 10.5 Å². The first kappa shape index (κ1) is 14.3. The first-order valence-corrected chi connectivity index (χ1v) is 6.77. The molecule has 0 bridgehead atoms. The van der Waals surface area contributed by atoms with Crippen LogP contribution in [0.2, 0.25) is 5.02 Å². The summed E-state index contributed by atoms with van der Waals surface area (Å²) in [6.45, 7) is 0. The lowest BCUT2D eigenvalue weighted by molar-refractivity contribution is 0.0691. The number of rotatable bonds is 3. The number of nitrogens with zero attached hydrogens (tertiary/aromatic N) is 2. The Morgan fingerprint density at radius 1 is 1.09 bits per heavy atom. The average Bonchev–Trinajstić information content (AvgIpc) is 2.94. The number of halogens is 2. The molecule has 0 saturated heterocycles. The zero-order valence-corrected chi connectivity index (χ0v) is 12.0. The van der Waals surface area contributed by atoms with Crippen LogP contribution in [0.25, 0.3) is 16.8 Å². The molecule has 2 aromatic carbocycles. The Hall–Kier alpha value is -2.66. The average molecular weight is 317 g/mol. The first-order chi connectivity index (χ1) is 10.5. The van der Waals surface area contributed by atoms with Crippen molar-refractivity contribution in [2.75, 3.05) is 0 Å². The minimum atomic E-state index is -1.13. The normalized spacial score (nSPS) is 10.6. The molecule has 1 N–H and O–H groups in total. The molecular formula is C16H10ClFN2O2. The fraction of sp³-hybridized carbons (Fsp3) is 0. The standard InChI is InChI=1S/C16H10ClFN2O2/c17-11-3-1-10(2-4-11)14-9-20(19-15(14)16(21)22)13-7-5-12(18)6-8-13/h1-9H,(H,21,22). The second-order valence-electron chi connectivity index (χ2n) is 4.62. The van der Waals surface area contributed by atoms with Gasteiger partial charge in [-0.05, 0) is 42.0 Å². The summed E-state index contributed by atoms with van der Waals surface area (Å²) in [5, 5.41) is 14.0. The SMILES string of the molecule is O=C(O)c1nn(-c2ccc(F)cc2)cc1-c1ccc(Cl)cc1. The molecule has 0 unspecified atom stereocenters. The summed E-state index contributed by atoms with van der Waals surface area (Å²) in [6, 6.07) is 12.4. The van der Waals surface area contributed by atoms with Gasteiger partial charge in [-0.2, -0.15) is 5.10 Å². The van der Waals surface area contributed by atoms with Gasteiger partial charge in [-0.1, -0.05) is 23.7 Å². The summed E-state index contributed by atoms with van der Waals surface area (Å²) in [5.74, 6) is -1.50. The lowest BCUT2D eigenvalue weighted by atomic mass is 10.1. The number of aromatic nitrogens is 2. The van der Waals surface area contributed by atoms with E-state index >= 15 is 0 Å². The highest BCUT2D eigenvalue weighted by atomic mass is 35.5. The fourth-order valence-corrected chi connectivity index (χ4v) is 2.22. The molecule has 110 valence electrons. The highest BCUT2D eigenvalue weighted by molar-refractivity contribution is 6.30. The largest absolute Gasteiger partial charge is 0.476 e. The summed E-state index contributed by atoms with van der Waals surface area (Å²) >= 11 is 5.84. The zero-order chi connectivity index (χ0) is 15.7. The van der Waals surface area contributed by atoms with Crippen LogP contribution in [-0.2, 0) is 0 Å². The molecule has 6 heteroatoms. The minimum absolute atomic E-state index is 0.0772. The van der Waals surface area contributed by atoms with Crippen LogP contribution in [0.15, 0.2) is 54.7 Å². The molecule has 0 fully saturated rings. The van der Waals surface area contributed by atoms with Crippen molar-refractivity contribution in [2.24, 2.45) is 0 Å². The summed E-state index contributed by atoms with van der Waals surface area (Å²) in [7, 11) is 0. The highest BCUT2D eigenvalue weighted by Gasteiger charge is 2.18. The number of hydrogen-bond acceptors (Lipinski definition) is 2. The second kappa shape index (κ2) is 5.61. The molecule has 1 heterocycles. The van der Waals surface area contributed by atoms with E-state index in [0.717, 1.165) is 0 Å². The lowest BCUT2D eigenvalue weighted by Crippen LogP contribution is -2.01. The maximum atomic E-state index is 13.0. The molecule has 4 nitrogen and oxygen atoms in total. The van der Waals surface area contributed by atoms with E-state index in [-0.39, 0.29) is 11.5 Å². The van der Waals surface area contributed by atoms with E-state index in [9.17, 15) is 14.3 Å². The van der Waals surface area contributed by atoms with Gasteiger partial charge < -0.3 is 5.11 Å². The molecule has 22 heavy (non-hydrogen) atoms. The van der Waals surface area contributed by atoms with Gasteiger partial charge in [-0.3, -0.25) is 0 Å². The van der Waals surface area contributed by atoms with Crippen molar-refractivity contribution < 1.29 is 14.3 Å². The maximum absolute atomic E-state index is 13.0. The van der Waals surface area contributed by atoms with Crippen LogP contribution >= 0.6 is 11.6 Å². The highest BCUT2D eigenvalue weighted by Crippen LogP contribution is 2.26. The number of carboxylic acid groups (broad SMARTS) is 1. The number of aromatic carboxylic acids is 1. The predicted octanol–water partition coefficient (Wildman–Crippen LogP) is 4.03. The van der Waals surface area contributed by atoms with Crippen LogP contribution < -0.4 is 0 Å². The van der Waals surface area contributed by atoms with Gasteiger partial charge in [0.1, 0.15) is 5.82 Å². The topological polar surface area (TPSA) is 55.1 Å². The molecule has 0 aliphatic heterocycles. The molecule has 1 aromatic heterocycles. The van der Waals surface area contributed by atoms with Gasteiger partial charge in [0.25, 0.3) is 0 Å². The monoisotopic (exact) mass is 316 g/mol. The van der Waals surface area contributed by atoms with Gasteiger partial charge in [-0.15, -0.1) is 0 Å². The van der Waals surface area contributed by atoms with Crippen LogP contribution in [0.5, 0.6) is 0 Å². The lowest BCUT2D eigenvalue weighted by Gasteiger charge is -2.00. The van der Waals surface area contributed by atoms with E-state index in [0.29, 0.717) is 21.8 Å². The van der Waals surface area contributed by atoms with Gasteiger partial charge in [-0.25, -0.2) is 13.9 Å². The van der Waals surface area contributed by atoms with E-state index in [2.05, 4.69) is 5.10 Å². The second-order valence-corrected chi connectivity index (χ2v) is 5.06. The van der Waals surface area contributed by atoms with Crippen molar-refractivity contribution in [3.8, 4) is 16.8 Å². The van der Waals surface area contributed by atoms with E-state index in [1.807, 2.05) is 0 Å². The smallest absolute Gasteiger partial charge is 0.357 e.